The molecule has 0 saturated heterocycles. The van der Waals surface area contributed by atoms with E-state index in [1.165, 1.54) is 17.0 Å². The molecule has 0 aliphatic carbocycles. The van der Waals surface area contributed by atoms with Crippen LogP contribution in [0.3, 0.4) is 0 Å². The summed E-state index contributed by atoms with van der Waals surface area (Å²) in [5.41, 5.74) is 2.03. The van der Waals surface area contributed by atoms with Gasteiger partial charge in [0, 0.05) is 24.0 Å². The second-order valence-corrected chi connectivity index (χ2v) is 12.2. The van der Waals surface area contributed by atoms with Gasteiger partial charge in [0.2, 0.25) is 11.8 Å². The van der Waals surface area contributed by atoms with Gasteiger partial charge in [0.25, 0.3) is 10.0 Å². The van der Waals surface area contributed by atoms with Gasteiger partial charge in [-0.15, -0.1) is 0 Å². The minimum absolute atomic E-state index is 0.0620. The molecule has 0 unspecified atom stereocenters. The van der Waals surface area contributed by atoms with Crippen LogP contribution in [0.25, 0.3) is 0 Å². The van der Waals surface area contributed by atoms with Crippen molar-refractivity contribution >= 4 is 43.5 Å². The topological polar surface area (TPSA) is 86.8 Å². The van der Waals surface area contributed by atoms with Crippen LogP contribution in [0, 0.1) is 0 Å². The van der Waals surface area contributed by atoms with Crippen LogP contribution >= 0.6 is 15.9 Å². The van der Waals surface area contributed by atoms with Crippen LogP contribution in [0.2, 0.25) is 0 Å². The fourth-order valence-corrected chi connectivity index (χ4v) is 6.32. The van der Waals surface area contributed by atoms with Crippen molar-refractivity contribution in [1.29, 1.82) is 0 Å². The molecule has 4 rings (SSSR count). The third-order valence-electron chi connectivity index (χ3n) is 6.52. The Morgan fingerprint density at radius 3 is 1.98 bits per heavy atom. The number of hydrogen-bond donors (Lipinski definition) is 1. The molecule has 1 atom stereocenters. The SMILES string of the molecule is CCNC(=O)[C@@H](Cc1ccccc1)N(Cc1ccccc1)C(=O)CN(c1cccc(Br)c1)S(=O)(=O)c1ccccc1. The van der Waals surface area contributed by atoms with E-state index < -0.39 is 28.5 Å². The maximum atomic E-state index is 14.3. The summed E-state index contributed by atoms with van der Waals surface area (Å²) in [6.07, 6.45) is 0.271. The average Bonchev–Trinajstić information content (AvgIpc) is 2.99. The predicted octanol–water partition coefficient (Wildman–Crippen LogP) is 5.42. The zero-order valence-electron chi connectivity index (χ0n) is 22.7. The number of halogens is 1. The van der Waals surface area contributed by atoms with Gasteiger partial charge in [0.15, 0.2) is 0 Å². The zero-order valence-corrected chi connectivity index (χ0v) is 25.1. The Balaban J connectivity index is 1.78. The molecule has 2 amide bonds. The number of nitrogens with zero attached hydrogens (tertiary/aromatic N) is 2. The lowest BCUT2D eigenvalue weighted by molar-refractivity contribution is -0.140. The molecule has 0 radical (unpaired) electrons. The van der Waals surface area contributed by atoms with Crippen molar-refractivity contribution in [1.82, 2.24) is 10.2 Å². The summed E-state index contributed by atoms with van der Waals surface area (Å²) < 4.78 is 29.6. The summed E-state index contributed by atoms with van der Waals surface area (Å²) in [4.78, 5) is 29.3. The number of amides is 2. The van der Waals surface area contributed by atoms with Gasteiger partial charge in [-0.05, 0) is 48.4 Å². The maximum absolute atomic E-state index is 14.3. The lowest BCUT2D eigenvalue weighted by Gasteiger charge is -2.33. The van der Waals surface area contributed by atoms with Gasteiger partial charge in [-0.1, -0.05) is 101 Å². The quantitative estimate of drug-likeness (QED) is 0.226. The highest BCUT2D eigenvalue weighted by Gasteiger charge is 2.34. The second kappa shape index (κ2) is 14.1. The first kappa shape index (κ1) is 30.0. The Kier molecular flexibility index (Phi) is 10.3. The van der Waals surface area contributed by atoms with Crippen molar-refractivity contribution < 1.29 is 18.0 Å². The van der Waals surface area contributed by atoms with Crippen molar-refractivity contribution in [3.8, 4) is 0 Å². The molecule has 4 aromatic carbocycles. The normalized spacial score (nSPS) is 11.9. The Morgan fingerprint density at radius 2 is 1.39 bits per heavy atom. The number of rotatable bonds is 12. The molecule has 0 saturated carbocycles. The van der Waals surface area contributed by atoms with E-state index in [0.29, 0.717) is 16.7 Å². The Bertz CT molecular complexity index is 1550. The Morgan fingerprint density at radius 1 is 0.805 bits per heavy atom. The largest absolute Gasteiger partial charge is 0.355 e. The summed E-state index contributed by atoms with van der Waals surface area (Å²) in [5.74, 6) is -0.805. The van der Waals surface area contributed by atoms with Crippen LogP contribution in [0.5, 0.6) is 0 Å². The molecule has 0 aliphatic heterocycles. The highest BCUT2D eigenvalue weighted by Crippen LogP contribution is 2.27. The van der Waals surface area contributed by atoms with Gasteiger partial charge in [-0.2, -0.15) is 0 Å². The van der Waals surface area contributed by atoms with Crippen LogP contribution in [-0.2, 0) is 32.6 Å². The summed E-state index contributed by atoms with van der Waals surface area (Å²) in [5, 5.41) is 2.86. The van der Waals surface area contributed by atoms with Gasteiger partial charge in [0.05, 0.1) is 10.6 Å². The van der Waals surface area contributed by atoms with Gasteiger partial charge >= 0.3 is 0 Å². The number of likely N-dealkylation sites (N-methyl/N-ethyl adjacent to an activating group) is 1. The molecule has 0 aromatic heterocycles. The average molecular weight is 635 g/mol. The third-order valence-corrected chi connectivity index (χ3v) is 8.81. The highest BCUT2D eigenvalue weighted by atomic mass is 79.9. The van der Waals surface area contributed by atoms with Crippen molar-refractivity contribution in [2.75, 3.05) is 17.4 Å². The number of carbonyl (C=O) groups excluding carboxylic acids is 2. The van der Waals surface area contributed by atoms with Crippen molar-refractivity contribution in [3.05, 3.63) is 131 Å². The number of sulfonamides is 1. The molecule has 7 nitrogen and oxygen atoms in total. The number of nitrogens with one attached hydrogen (secondary N) is 1. The fourth-order valence-electron chi connectivity index (χ4n) is 4.51. The van der Waals surface area contributed by atoms with E-state index in [9.17, 15) is 18.0 Å². The number of benzene rings is 4. The van der Waals surface area contributed by atoms with Crippen LogP contribution in [0.1, 0.15) is 18.1 Å². The summed E-state index contributed by atoms with van der Waals surface area (Å²) in [6, 6.07) is 32.8. The molecule has 0 aliphatic rings. The first-order valence-corrected chi connectivity index (χ1v) is 15.5. The molecular formula is C32H32BrN3O4S. The van der Waals surface area contributed by atoms with Gasteiger partial charge < -0.3 is 10.2 Å². The minimum atomic E-state index is -4.12. The summed E-state index contributed by atoms with van der Waals surface area (Å²) >= 11 is 3.42. The van der Waals surface area contributed by atoms with E-state index in [1.54, 1.807) is 42.5 Å². The van der Waals surface area contributed by atoms with E-state index in [2.05, 4.69) is 21.2 Å². The fraction of sp³-hybridized carbons (Fsp3) is 0.188. The van der Waals surface area contributed by atoms with Crippen molar-refractivity contribution in [2.24, 2.45) is 0 Å². The summed E-state index contributed by atoms with van der Waals surface area (Å²) in [6.45, 7) is 1.85. The van der Waals surface area contributed by atoms with E-state index in [-0.39, 0.29) is 23.8 Å². The molecule has 1 N–H and O–H groups in total. The van der Waals surface area contributed by atoms with E-state index in [4.69, 9.17) is 0 Å². The number of carbonyl (C=O) groups is 2. The highest BCUT2D eigenvalue weighted by molar-refractivity contribution is 9.10. The molecule has 9 heteroatoms. The molecule has 0 fully saturated rings. The molecule has 212 valence electrons. The lowest BCUT2D eigenvalue weighted by atomic mass is 10.0. The van der Waals surface area contributed by atoms with Gasteiger partial charge in [0.1, 0.15) is 12.6 Å². The lowest BCUT2D eigenvalue weighted by Crippen LogP contribution is -2.53. The molecule has 0 heterocycles. The Labute approximate surface area is 250 Å². The smallest absolute Gasteiger partial charge is 0.264 e. The first-order chi connectivity index (χ1) is 19.8. The molecule has 0 bridgehead atoms. The van der Waals surface area contributed by atoms with Crippen LogP contribution in [0.4, 0.5) is 5.69 Å². The van der Waals surface area contributed by atoms with Crippen LogP contribution in [0.15, 0.2) is 125 Å². The second-order valence-electron chi connectivity index (χ2n) is 9.41. The molecule has 0 spiro atoms. The van der Waals surface area contributed by atoms with Crippen LogP contribution < -0.4 is 9.62 Å². The summed E-state index contributed by atoms with van der Waals surface area (Å²) in [7, 11) is -4.12. The van der Waals surface area contributed by atoms with Crippen molar-refractivity contribution in [2.45, 2.75) is 30.8 Å². The number of hydrogen-bond acceptors (Lipinski definition) is 4. The van der Waals surface area contributed by atoms with E-state index in [1.807, 2.05) is 67.6 Å². The standard InChI is InChI=1S/C32H32BrN3O4S/c1-2-34-32(38)30(21-25-13-6-3-7-14-25)35(23-26-15-8-4-9-16-26)31(37)24-36(28-18-12-17-27(33)22-28)41(39,40)29-19-10-5-11-20-29/h3-20,22,30H,2,21,23-24H2,1H3,(H,34,38)/t30-/m1/s1. The monoisotopic (exact) mass is 633 g/mol. The Hall–Kier alpha value is -3.95. The van der Waals surface area contributed by atoms with E-state index >= 15 is 0 Å². The van der Waals surface area contributed by atoms with Crippen LogP contribution in [-0.4, -0.2) is 44.3 Å². The third kappa shape index (κ3) is 7.83. The zero-order chi connectivity index (χ0) is 29.2. The first-order valence-electron chi connectivity index (χ1n) is 13.3. The van der Waals surface area contributed by atoms with Crippen molar-refractivity contribution in [3.63, 3.8) is 0 Å². The molecular weight excluding hydrogens is 602 g/mol. The molecule has 4 aromatic rings. The van der Waals surface area contributed by atoms with Gasteiger partial charge in [-0.3, -0.25) is 13.9 Å². The van der Waals surface area contributed by atoms with E-state index in [0.717, 1.165) is 15.4 Å². The minimum Gasteiger partial charge on any atom is -0.355 e. The number of anilines is 1. The molecule has 41 heavy (non-hydrogen) atoms. The van der Waals surface area contributed by atoms with Gasteiger partial charge in [-0.25, -0.2) is 8.42 Å². The maximum Gasteiger partial charge on any atom is 0.264 e. The predicted molar refractivity (Wildman–Crippen MR) is 165 cm³/mol.